The number of nitrogen functional groups attached to an aromatic ring is 1. The maximum absolute atomic E-state index is 15.1. The summed E-state index contributed by atoms with van der Waals surface area (Å²) in [7, 11) is 1.76. The highest BCUT2D eigenvalue weighted by Gasteiger charge is 2.37. The predicted molar refractivity (Wildman–Crippen MR) is 117 cm³/mol. The fourth-order valence-electron chi connectivity index (χ4n) is 4.45. The average molecular weight is 433 g/mol. The average Bonchev–Trinajstić information content (AvgIpc) is 3.37. The Labute approximate surface area is 183 Å². The van der Waals surface area contributed by atoms with Crippen molar-refractivity contribution >= 4 is 11.8 Å². The number of nitrogens with one attached hydrogen (secondary N) is 1. The normalized spacial score (nSPS) is 17.4. The lowest BCUT2D eigenvalue weighted by Crippen LogP contribution is -2.09. The number of aryl methyl sites for hydroxylation is 1. The second-order valence-corrected chi connectivity index (χ2v) is 7.82. The van der Waals surface area contributed by atoms with Gasteiger partial charge in [0.1, 0.15) is 35.3 Å². The maximum Gasteiger partial charge on any atom is 0.222 e. The fourth-order valence-corrected chi connectivity index (χ4v) is 4.45. The second-order valence-electron chi connectivity index (χ2n) is 7.82. The van der Waals surface area contributed by atoms with E-state index in [1.807, 2.05) is 6.07 Å². The third-order valence-corrected chi connectivity index (χ3v) is 5.88. The topological polar surface area (TPSA) is 94.5 Å². The summed E-state index contributed by atoms with van der Waals surface area (Å²) in [5.41, 5.74) is 9.65. The molecule has 2 heterocycles. The molecule has 1 aliphatic carbocycles. The van der Waals surface area contributed by atoms with Gasteiger partial charge in [0.15, 0.2) is 0 Å². The predicted octanol–water partition coefficient (Wildman–Crippen LogP) is 3.94. The summed E-state index contributed by atoms with van der Waals surface area (Å²) in [6, 6.07) is 11.5. The van der Waals surface area contributed by atoms with Gasteiger partial charge in [0.2, 0.25) is 5.95 Å². The van der Waals surface area contributed by atoms with Gasteiger partial charge in [-0.25, -0.2) is 23.4 Å². The van der Waals surface area contributed by atoms with Crippen molar-refractivity contribution in [3.63, 3.8) is 0 Å². The number of aromatic nitrogens is 5. The van der Waals surface area contributed by atoms with Crippen LogP contribution in [0.2, 0.25) is 0 Å². The Hall–Kier alpha value is -3.88. The minimum absolute atomic E-state index is 0.117. The molecule has 0 fully saturated rings. The summed E-state index contributed by atoms with van der Waals surface area (Å²) in [5, 5.41) is 7.29. The van der Waals surface area contributed by atoms with Crippen molar-refractivity contribution in [3.8, 4) is 5.69 Å². The number of fused-ring (bicyclic) bond motifs is 1. The van der Waals surface area contributed by atoms with Crippen LogP contribution in [0.5, 0.6) is 0 Å². The van der Waals surface area contributed by atoms with Crippen molar-refractivity contribution < 1.29 is 8.78 Å². The number of hydrogen-bond acceptors (Lipinski definition) is 6. The van der Waals surface area contributed by atoms with Gasteiger partial charge >= 0.3 is 0 Å². The number of nitrogens with zero attached hydrogens (tertiary/aromatic N) is 5. The Morgan fingerprint density at radius 1 is 1.03 bits per heavy atom. The molecule has 162 valence electrons. The van der Waals surface area contributed by atoms with Crippen LogP contribution in [0.1, 0.15) is 46.5 Å². The summed E-state index contributed by atoms with van der Waals surface area (Å²) in [6.07, 6.45) is 2.12. The lowest BCUT2D eigenvalue weighted by atomic mass is 9.90. The molecular weight excluding hydrogens is 412 g/mol. The molecule has 32 heavy (non-hydrogen) atoms. The van der Waals surface area contributed by atoms with Crippen LogP contribution >= 0.6 is 0 Å². The molecule has 0 amide bonds. The van der Waals surface area contributed by atoms with Gasteiger partial charge in [0.25, 0.3) is 0 Å². The SMILES string of the molecule is CNc1nc(N)nc2c1C(c1ccc(-n3cnc(C)n3)c(F)c1)CC2c1ccc(F)cc1. The quantitative estimate of drug-likeness (QED) is 0.506. The van der Waals surface area contributed by atoms with E-state index in [9.17, 15) is 4.39 Å². The molecule has 4 aromatic rings. The minimum Gasteiger partial charge on any atom is -0.373 e. The van der Waals surface area contributed by atoms with E-state index < -0.39 is 5.82 Å². The van der Waals surface area contributed by atoms with E-state index >= 15 is 4.39 Å². The van der Waals surface area contributed by atoms with Crippen LogP contribution in [0.25, 0.3) is 5.69 Å². The highest BCUT2D eigenvalue weighted by atomic mass is 19.1. The molecule has 0 spiro atoms. The van der Waals surface area contributed by atoms with Crippen LogP contribution in [0, 0.1) is 18.6 Å². The van der Waals surface area contributed by atoms with E-state index in [2.05, 4.69) is 25.4 Å². The smallest absolute Gasteiger partial charge is 0.222 e. The van der Waals surface area contributed by atoms with Gasteiger partial charge in [-0.05, 0) is 48.7 Å². The van der Waals surface area contributed by atoms with Crippen LogP contribution in [-0.2, 0) is 0 Å². The molecule has 0 bridgehead atoms. The highest BCUT2D eigenvalue weighted by Crippen LogP contribution is 2.50. The first kappa shape index (κ1) is 20.0. The maximum atomic E-state index is 15.1. The standard InChI is InChI=1S/C23H21F2N7/c1-12-28-11-32(31-12)19-8-5-14(9-18(19)25)16-10-17(13-3-6-15(24)7-4-13)21-20(16)22(27-2)30-23(26)29-21/h3-9,11,16-17H,10H2,1-2H3,(H3,26,27,29,30). The monoisotopic (exact) mass is 433 g/mol. The van der Waals surface area contributed by atoms with Crippen molar-refractivity contribution in [1.82, 2.24) is 24.7 Å². The Kier molecular flexibility index (Phi) is 4.80. The van der Waals surface area contributed by atoms with E-state index in [0.717, 1.165) is 22.4 Å². The summed E-state index contributed by atoms with van der Waals surface area (Å²) < 4.78 is 30.0. The zero-order valence-electron chi connectivity index (χ0n) is 17.5. The molecule has 0 aliphatic heterocycles. The van der Waals surface area contributed by atoms with Gasteiger partial charge in [-0.3, -0.25) is 0 Å². The van der Waals surface area contributed by atoms with E-state index in [4.69, 9.17) is 5.73 Å². The molecule has 0 saturated carbocycles. The molecule has 0 saturated heterocycles. The number of hydrogen-bond donors (Lipinski definition) is 2. The van der Waals surface area contributed by atoms with E-state index in [1.54, 1.807) is 32.2 Å². The Morgan fingerprint density at radius 3 is 2.44 bits per heavy atom. The largest absolute Gasteiger partial charge is 0.373 e. The molecule has 7 nitrogen and oxygen atoms in total. The van der Waals surface area contributed by atoms with Crippen molar-refractivity contribution in [2.24, 2.45) is 0 Å². The van der Waals surface area contributed by atoms with E-state index in [-0.39, 0.29) is 23.6 Å². The Balaban J connectivity index is 1.61. The van der Waals surface area contributed by atoms with Crippen molar-refractivity contribution in [1.29, 1.82) is 0 Å². The zero-order valence-corrected chi connectivity index (χ0v) is 17.5. The Morgan fingerprint density at radius 2 is 1.78 bits per heavy atom. The van der Waals surface area contributed by atoms with Crippen LogP contribution in [-0.4, -0.2) is 31.8 Å². The number of benzene rings is 2. The lowest BCUT2D eigenvalue weighted by molar-refractivity contribution is 0.603. The molecule has 5 rings (SSSR count). The summed E-state index contributed by atoms with van der Waals surface area (Å²) >= 11 is 0. The molecule has 2 aromatic heterocycles. The summed E-state index contributed by atoms with van der Waals surface area (Å²) in [5.74, 6) is 0.346. The Bertz CT molecular complexity index is 1300. The second kappa shape index (κ2) is 7.67. The molecule has 9 heteroatoms. The third-order valence-electron chi connectivity index (χ3n) is 5.88. The first-order chi connectivity index (χ1) is 15.4. The lowest BCUT2D eigenvalue weighted by Gasteiger charge is -2.16. The highest BCUT2D eigenvalue weighted by molar-refractivity contribution is 5.60. The van der Waals surface area contributed by atoms with E-state index in [0.29, 0.717) is 23.8 Å². The van der Waals surface area contributed by atoms with Gasteiger partial charge in [0.05, 0.1) is 5.69 Å². The van der Waals surface area contributed by atoms with Crippen molar-refractivity contribution in [2.45, 2.75) is 25.2 Å². The molecule has 2 unspecified atom stereocenters. The van der Waals surface area contributed by atoms with E-state index in [1.165, 1.54) is 29.2 Å². The summed E-state index contributed by atoms with van der Waals surface area (Å²) in [4.78, 5) is 12.9. The molecule has 3 N–H and O–H groups in total. The molecular formula is C23H21F2N7. The minimum atomic E-state index is -0.401. The van der Waals surface area contributed by atoms with Crippen LogP contribution in [0.15, 0.2) is 48.8 Å². The van der Waals surface area contributed by atoms with Crippen LogP contribution in [0.4, 0.5) is 20.5 Å². The van der Waals surface area contributed by atoms with Gasteiger partial charge < -0.3 is 11.1 Å². The molecule has 1 aliphatic rings. The first-order valence-electron chi connectivity index (χ1n) is 10.2. The number of nitrogens with two attached hydrogens (primary N) is 1. The third kappa shape index (κ3) is 3.35. The molecule has 2 aromatic carbocycles. The fraction of sp³-hybridized carbons (Fsp3) is 0.217. The van der Waals surface area contributed by atoms with Crippen LogP contribution in [0.3, 0.4) is 0 Å². The van der Waals surface area contributed by atoms with Crippen LogP contribution < -0.4 is 11.1 Å². The van der Waals surface area contributed by atoms with Gasteiger partial charge in [-0.15, -0.1) is 0 Å². The van der Waals surface area contributed by atoms with Crippen molar-refractivity contribution in [3.05, 3.63) is 88.6 Å². The van der Waals surface area contributed by atoms with Gasteiger partial charge in [0, 0.05) is 24.4 Å². The summed E-state index contributed by atoms with van der Waals surface area (Å²) in [6.45, 7) is 1.75. The molecule has 0 radical (unpaired) electrons. The zero-order chi connectivity index (χ0) is 22.4. The number of anilines is 2. The van der Waals surface area contributed by atoms with Gasteiger partial charge in [-0.1, -0.05) is 18.2 Å². The first-order valence-corrected chi connectivity index (χ1v) is 10.2. The van der Waals surface area contributed by atoms with Gasteiger partial charge in [-0.2, -0.15) is 10.1 Å². The molecule has 2 atom stereocenters. The number of rotatable bonds is 4. The van der Waals surface area contributed by atoms with Crippen molar-refractivity contribution in [2.75, 3.05) is 18.1 Å². The number of halogens is 2.